The number of ether oxygens (including phenoxy) is 1. The van der Waals surface area contributed by atoms with Gasteiger partial charge in [-0.15, -0.1) is 0 Å². The SMILES string of the molecule is COC(=O)c1ccc([C@@H]2CC(=O)NC(SCC(=O)Nc3cc(Cl)ccc3C)=C2C#N)cc1. The molecule has 2 N–H and O–H groups in total. The van der Waals surface area contributed by atoms with Crippen molar-refractivity contribution in [1.29, 1.82) is 5.26 Å². The summed E-state index contributed by atoms with van der Waals surface area (Å²) in [4.78, 5) is 36.4. The lowest BCUT2D eigenvalue weighted by Gasteiger charge is -2.25. The highest BCUT2D eigenvalue weighted by molar-refractivity contribution is 8.03. The van der Waals surface area contributed by atoms with Crippen molar-refractivity contribution in [3.8, 4) is 6.07 Å². The molecule has 0 bridgehead atoms. The predicted molar refractivity (Wildman–Crippen MR) is 123 cm³/mol. The number of benzene rings is 2. The second kappa shape index (κ2) is 10.4. The Hall–Kier alpha value is -3.28. The Morgan fingerprint density at radius 1 is 1.28 bits per heavy atom. The molecule has 0 saturated heterocycles. The number of nitriles is 1. The molecular formula is C23H20ClN3O4S. The molecule has 1 aliphatic rings. The normalized spacial score (nSPS) is 15.6. The molecule has 9 heteroatoms. The quantitative estimate of drug-likeness (QED) is 0.615. The van der Waals surface area contributed by atoms with Crippen LogP contribution in [-0.4, -0.2) is 30.6 Å². The zero-order valence-corrected chi connectivity index (χ0v) is 19.0. The summed E-state index contributed by atoms with van der Waals surface area (Å²) in [5.41, 5.74) is 2.94. The van der Waals surface area contributed by atoms with Gasteiger partial charge < -0.3 is 15.4 Å². The Kier molecular flexibility index (Phi) is 7.57. The maximum Gasteiger partial charge on any atom is 0.337 e. The Balaban J connectivity index is 1.77. The summed E-state index contributed by atoms with van der Waals surface area (Å²) >= 11 is 7.08. The van der Waals surface area contributed by atoms with E-state index in [9.17, 15) is 19.6 Å². The number of anilines is 1. The molecule has 1 heterocycles. The van der Waals surface area contributed by atoms with Crippen molar-refractivity contribution in [3.63, 3.8) is 0 Å². The molecule has 0 aromatic heterocycles. The highest BCUT2D eigenvalue weighted by Crippen LogP contribution is 2.36. The molecule has 32 heavy (non-hydrogen) atoms. The lowest BCUT2D eigenvalue weighted by atomic mass is 9.87. The number of hydrogen-bond acceptors (Lipinski definition) is 6. The van der Waals surface area contributed by atoms with Gasteiger partial charge in [0.05, 0.1) is 35.1 Å². The molecule has 7 nitrogen and oxygen atoms in total. The first-order chi connectivity index (χ1) is 15.3. The van der Waals surface area contributed by atoms with Crippen LogP contribution < -0.4 is 10.6 Å². The molecule has 1 atom stereocenters. The smallest absolute Gasteiger partial charge is 0.337 e. The van der Waals surface area contributed by atoms with Crippen LogP contribution in [0.1, 0.15) is 33.8 Å². The fourth-order valence-electron chi connectivity index (χ4n) is 3.24. The molecule has 0 saturated carbocycles. The average molecular weight is 470 g/mol. The average Bonchev–Trinajstić information content (AvgIpc) is 2.79. The zero-order valence-electron chi connectivity index (χ0n) is 17.4. The van der Waals surface area contributed by atoms with Gasteiger partial charge in [-0.1, -0.05) is 41.6 Å². The number of methoxy groups -OCH3 is 1. The van der Waals surface area contributed by atoms with Crippen molar-refractivity contribution in [2.45, 2.75) is 19.3 Å². The van der Waals surface area contributed by atoms with Gasteiger partial charge in [0.25, 0.3) is 0 Å². The van der Waals surface area contributed by atoms with Crippen molar-refractivity contribution < 1.29 is 19.1 Å². The van der Waals surface area contributed by atoms with Crippen molar-refractivity contribution in [2.75, 3.05) is 18.2 Å². The molecule has 0 radical (unpaired) electrons. The monoisotopic (exact) mass is 469 g/mol. The third kappa shape index (κ3) is 5.49. The van der Waals surface area contributed by atoms with E-state index in [0.717, 1.165) is 22.9 Å². The van der Waals surface area contributed by atoms with Crippen LogP contribution in [0.15, 0.2) is 53.1 Å². The van der Waals surface area contributed by atoms with E-state index in [4.69, 9.17) is 16.3 Å². The van der Waals surface area contributed by atoms with E-state index < -0.39 is 11.9 Å². The number of nitrogens with one attached hydrogen (secondary N) is 2. The first-order valence-electron chi connectivity index (χ1n) is 9.63. The summed E-state index contributed by atoms with van der Waals surface area (Å²) in [5.74, 6) is -1.48. The number of aryl methyl sites for hydroxylation is 1. The van der Waals surface area contributed by atoms with Crippen LogP contribution in [0.4, 0.5) is 5.69 Å². The fourth-order valence-corrected chi connectivity index (χ4v) is 4.29. The van der Waals surface area contributed by atoms with Crippen LogP contribution in [0.2, 0.25) is 5.02 Å². The standard InChI is InChI=1S/C23H20ClN3O4S/c1-13-3-8-16(24)9-19(13)26-21(29)12-32-22-18(11-25)17(10-20(28)27-22)14-4-6-15(7-5-14)23(30)31-2/h3-9,17H,10,12H2,1-2H3,(H,26,29)(H,27,28)/t17-/m0/s1. The number of carbonyl (C=O) groups is 3. The molecule has 0 unspecified atom stereocenters. The minimum atomic E-state index is -0.471. The third-order valence-corrected chi connectivity index (χ3v) is 6.16. The summed E-state index contributed by atoms with van der Waals surface area (Å²) in [7, 11) is 1.30. The molecule has 0 aliphatic carbocycles. The number of nitrogens with zero attached hydrogens (tertiary/aromatic N) is 1. The van der Waals surface area contributed by atoms with Crippen LogP contribution in [0, 0.1) is 18.3 Å². The van der Waals surface area contributed by atoms with Crippen molar-refractivity contribution in [1.82, 2.24) is 5.32 Å². The van der Waals surface area contributed by atoms with Crippen molar-refractivity contribution in [3.05, 3.63) is 74.8 Å². The van der Waals surface area contributed by atoms with Gasteiger partial charge in [0.15, 0.2) is 0 Å². The number of esters is 1. The maximum absolute atomic E-state index is 12.4. The summed E-state index contributed by atoms with van der Waals surface area (Å²) in [6.07, 6.45) is 0.0957. The largest absolute Gasteiger partial charge is 0.465 e. The summed E-state index contributed by atoms with van der Waals surface area (Å²) < 4.78 is 4.70. The molecule has 1 aliphatic heterocycles. The van der Waals surface area contributed by atoms with Gasteiger partial charge in [0, 0.05) is 23.0 Å². The van der Waals surface area contributed by atoms with E-state index >= 15 is 0 Å². The number of carbonyl (C=O) groups excluding carboxylic acids is 3. The molecule has 3 rings (SSSR count). The van der Waals surface area contributed by atoms with E-state index in [1.807, 2.05) is 6.92 Å². The van der Waals surface area contributed by atoms with E-state index in [-0.39, 0.29) is 24.0 Å². The number of allylic oxidation sites excluding steroid dienone is 1. The molecular weight excluding hydrogens is 450 g/mol. The maximum atomic E-state index is 12.4. The van der Waals surface area contributed by atoms with Crippen LogP contribution in [0.25, 0.3) is 0 Å². The number of amides is 2. The Labute approximate surface area is 194 Å². The fraction of sp³-hybridized carbons (Fsp3) is 0.217. The van der Waals surface area contributed by atoms with E-state index in [1.165, 1.54) is 7.11 Å². The lowest BCUT2D eigenvalue weighted by Crippen LogP contribution is -2.31. The van der Waals surface area contributed by atoms with Gasteiger partial charge >= 0.3 is 5.97 Å². The van der Waals surface area contributed by atoms with Crippen LogP contribution >= 0.6 is 23.4 Å². The minimum absolute atomic E-state index is 0.000739. The first kappa shape index (κ1) is 23.4. The van der Waals surface area contributed by atoms with Gasteiger partial charge in [-0.3, -0.25) is 9.59 Å². The number of thioether (sulfide) groups is 1. The number of hydrogen-bond donors (Lipinski definition) is 2. The highest BCUT2D eigenvalue weighted by Gasteiger charge is 2.30. The zero-order chi connectivity index (χ0) is 23.3. The minimum Gasteiger partial charge on any atom is -0.465 e. The van der Waals surface area contributed by atoms with Crippen LogP contribution in [0.3, 0.4) is 0 Å². The highest BCUT2D eigenvalue weighted by atomic mass is 35.5. The lowest BCUT2D eigenvalue weighted by molar-refractivity contribution is -0.121. The Morgan fingerprint density at radius 3 is 2.66 bits per heavy atom. The van der Waals surface area contributed by atoms with Crippen molar-refractivity contribution in [2.24, 2.45) is 0 Å². The summed E-state index contributed by atoms with van der Waals surface area (Å²) in [6, 6.07) is 14.0. The van der Waals surface area contributed by atoms with E-state index in [2.05, 4.69) is 16.7 Å². The van der Waals surface area contributed by atoms with Crippen molar-refractivity contribution >= 4 is 46.8 Å². The molecule has 164 valence electrons. The first-order valence-corrected chi connectivity index (χ1v) is 11.0. The van der Waals surface area contributed by atoms with Gasteiger partial charge in [-0.25, -0.2) is 4.79 Å². The summed E-state index contributed by atoms with van der Waals surface area (Å²) in [5, 5.41) is 16.1. The Bertz CT molecular complexity index is 1140. The number of rotatable bonds is 6. The molecule has 0 fully saturated rings. The third-order valence-electron chi connectivity index (χ3n) is 4.91. The molecule has 2 amide bonds. The van der Waals surface area contributed by atoms with Crippen LogP contribution in [-0.2, 0) is 14.3 Å². The molecule has 0 spiro atoms. The second-order valence-corrected chi connectivity index (χ2v) is 8.49. The summed E-state index contributed by atoms with van der Waals surface area (Å²) in [6.45, 7) is 1.85. The Morgan fingerprint density at radius 2 is 2.00 bits per heavy atom. The van der Waals surface area contributed by atoms with Gasteiger partial charge in [-0.05, 0) is 42.3 Å². The molecule has 2 aromatic carbocycles. The second-order valence-electron chi connectivity index (χ2n) is 7.07. The van der Waals surface area contributed by atoms with Gasteiger partial charge in [0.1, 0.15) is 0 Å². The van der Waals surface area contributed by atoms with Crippen LogP contribution in [0.5, 0.6) is 0 Å². The van der Waals surface area contributed by atoms with Gasteiger partial charge in [-0.2, -0.15) is 5.26 Å². The van der Waals surface area contributed by atoms with E-state index in [1.54, 1.807) is 42.5 Å². The number of halogens is 1. The predicted octanol–water partition coefficient (Wildman–Crippen LogP) is 4.15. The topological polar surface area (TPSA) is 108 Å². The molecule has 2 aromatic rings. The van der Waals surface area contributed by atoms with E-state index in [0.29, 0.717) is 26.9 Å². The van der Waals surface area contributed by atoms with Gasteiger partial charge in [0.2, 0.25) is 11.8 Å².